The first-order valence-electron chi connectivity index (χ1n) is 17.4. The van der Waals surface area contributed by atoms with Gasteiger partial charge in [0, 0.05) is 11.8 Å². The minimum atomic E-state index is -0.574. The third kappa shape index (κ3) is 8.26. The Kier molecular flexibility index (Phi) is 11.7. The molecule has 0 bridgehead atoms. The van der Waals surface area contributed by atoms with Gasteiger partial charge in [-0.3, -0.25) is 9.59 Å². The number of rotatable bonds is 7. The molecule has 2 heterocycles. The summed E-state index contributed by atoms with van der Waals surface area (Å²) in [5.74, 6) is 0.291. The molecular weight excluding hydrogens is 572 g/mol. The number of nitrogens with two attached hydrogens (primary N) is 2. The van der Waals surface area contributed by atoms with Crippen LogP contribution in [0.3, 0.4) is 0 Å². The second-order valence-corrected chi connectivity index (χ2v) is 13.7. The summed E-state index contributed by atoms with van der Waals surface area (Å²) < 4.78 is 11.9. The third-order valence-electron chi connectivity index (χ3n) is 10.3. The molecule has 0 radical (unpaired) electrons. The molecule has 0 saturated carbocycles. The molecule has 0 aromatic heterocycles. The van der Waals surface area contributed by atoms with E-state index >= 15 is 0 Å². The van der Waals surface area contributed by atoms with Crippen molar-refractivity contribution in [3.8, 4) is 11.1 Å². The van der Waals surface area contributed by atoms with E-state index < -0.39 is 12.1 Å². The van der Waals surface area contributed by atoms with Crippen molar-refractivity contribution >= 4 is 11.9 Å². The summed E-state index contributed by atoms with van der Waals surface area (Å²) in [7, 11) is 0. The lowest BCUT2D eigenvalue weighted by molar-refractivity contribution is -0.152. The maximum absolute atomic E-state index is 12.7. The van der Waals surface area contributed by atoms with Gasteiger partial charge >= 0.3 is 11.9 Å². The number of ether oxygens (including phenoxy) is 2. The number of benzene rings is 3. The Morgan fingerprint density at radius 2 is 1.20 bits per heavy atom. The van der Waals surface area contributed by atoms with Crippen molar-refractivity contribution in [1.29, 1.82) is 0 Å². The molecule has 5 rings (SSSR count). The van der Waals surface area contributed by atoms with E-state index in [1.54, 1.807) is 0 Å². The van der Waals surface area contributed by atoms with Crippen molar-refractivity contribution in [2.45, 2.75) is 115 Å². The maximum Gasteiger partial charge on any atom is 0.323 e. The molecule has 0 amide bonds. The first-order valence-corrected chi connectivity index (χ1v) is 17.4. The number of esters is 2. The normalized spacial score (nSPS) is 29.6. The van der Waals surface area contributed by atoms with Gasteiger partial charge in [-0.05, 0) is 92.0 Å². The molecule has 3 aromatic carbocycles. The van der Waals surface area contributed by atoms with Crippen molar-refractivity contribution in [1.82, 2.24) is 0 Å². The van der Waals surface area contributed by atoms with Crippen LogP contribution >= 0.6 is 0 Å². The van der Waals surface area contributed by atoms with Gasteiger partial charge in [-0.2, -0.15) is 0 Å². The van der Waals surface area contributed by atoms with Gasteiger partial charge in [0.2, 0.25) is 0 Å². The average Bonchev–Trinajstić information content (AvgIpc) is 3.13. The van der Waals surface area contributed by atoms with Crippen LogP contribution in [0.4, 0.5) is 0 Å². The summed E-state index contributed by atoms with van der Waals surface area (Å²) in [6.45, 7) is 6.27. The quantitative estimate of drug-likeness (QED) is 0.261. The zero-order valence-electron chi connectivity index (χ0n) is 27.8. The predicted octanol–water partition coefficient (Wildman–Crippen LogP) is 7.68. The largest absolute Gasteiger partial charge is 0.461 e. The lowest BCUT2D eigenvalue weighted by atomic mass is 9.76. The molecule has 246 valence electrons. The van der Waals surface area contributed by atoms with Crippen LogP contribution < -0.4 is 11.5 Å². The van der Waals surface area contributed by atoms with E-state index in [-0.39, 0.29) is 41.9 Å². The summed E-state index contributed by atoms with van der Waals surface area (Å²) in [5.41, 5.74) is 18.3. The van der Waals surface area contributed by atoms with Gasteiger partial charge < -0.3 is 20.9 Å². The van der Waals surface area contributed by atoms with Crippen molar-refractivity contribution < 1.29 is 19.1 Å². The van der Waals surface area contributed by atoms with Crippen LogP contribution in [0.1, 0.15) is 101 Å². The first-order chi connectivity index (χ1) is 22.2. The van der Waals surface area contributed by atoms with Crippen LogP contribution in [-0.4, -0.2) is 36.2 Å². The highest BCUT2D eigenvalue weighted by Gasteiger charge is 2.35. The molecule has 2 aliphatic heterocycles. The Morgan fingerprint density at radius 3 is 1.83 bits per heavy atom. The highest BCUT2D eigenvalue weighted by atomic mass is 16.5. The summed E-state index contributed by atoms with van der Waals surface area (Å²) in [4.78, 5) is 25.4. The molecule has 2 fully saturated rings. The second kappa shape index (κ2) is 15.9. The number of carbonyl (C=O) groups is 2. The lowest BCUT2D eigenvalue weighted by Crippen LogP contribution is -2.35. The van der Waals surface area contributed by atoms with Crippen LogP contribution in [0.2, 0.25) is 0 Å². The summed E-state index contributed by atoms with van der Waals surface area (Å²) in [6.07, 6.45) is 7.64. The molecule has 6 heteroatoms. The monoisotopic (exact) mass is 624 g/mol. The first kappa shape index (κ1) is 33.9. The van der Waals surface area contributed by atoms with Crippen LogP contribution in [0.25, 0.3) is 11.1 Å². The Labute approximate surface area is 275 Å². The fourth-order valence-corrected chi connectivity index (χ4v) is 8.04. The predicted molar refractivity (Wildman–Crippen MR) is 184 cm³/mol. The van der Waals surface area contributed by atoms with E-state index in [9.17, 15) is 9.59 Å². The van der Waals surface area contributed by atoms with Gasteiger partial charge in [-0.1, -0.05) is 105 Å². The van der Waals surface area contributed by atoms with E-state index in [4.69, 9.17) is 20.9 Å². The van der Waals surface area contributed by atoms with Gasteiger partial charge in [0.1, 0.15) is 24.3 Å². The molecule has 3 aromatic rings. The lowest BCUT2D eigenvalue weighted by Gasteiger charge is -2.32. The van der Waals surface area contributed by atoms with Crippen LogP contribution in [-0.2, 0) is 25.5 Å². The van der Waals surface area contributed by atoms with Crippen LogP contribution in [0.15, 0.2) is 78.9 Å². The summed E-state index contributed by atoms with van der Waals surface area (Å²) >= 11 is 0. The van der Waals surface area contributed by atoms with E-state index in [1.165, 1.54) is 22.3 Å². The molecule has 6 nitrogen and oxygen atoms in total. The average molecular weight is 625 g/mol. The molecule has 0 aliphatic carbocycles. The number of hydrogen-bond acceptors (Lipinski definition) is 6. The topological polar surface area (TPSA) is 105 Å². The summed E-state index contributed by atoms with van der Waals surface area (Å²) in [6, 6.07) is 27.0. The van der Waals surface area contributed by atoms with Gasteiger partial charge in [0.25, 0.3) is 0 Å². The molecule has 0 spiro atoms. The van der Waals surface area contributed by atoms with Crippen molar-refractivity contribution in [3.63, 3.8) is 0 Å². The minimum Gasteiger partial charge on any atom is -0.461 e. The Bertz CT molecular complexity index is 1440. The van der Waals surface area contributed by atoms with Crippen molar-refractivity contribution in [3.05, 3.63) is 95.6 Å². The van der Waals surface area contributed by atoms with E-state index in [0.717, 1.165) is 50.5 Å². The van der Waals surface area contributed by atoms with E-state index in [0.29, 0.717) is 18.8 Å². The minimum absolute atomic E-state index is 0.0682. The second-order valence-electron chi connectivity index (χ2n) is 13.7. The third-order valence-corrected chi connectivity index (χ3v) is 10.3. The fraction of sp³-hybridized carbons (Fsp3) is 0.500. The van der Waals surface area contributed by atoms with Crippen LogP contribution in [0.5, 0.6) is 0 Å². The van der Waals surface area contributed by atoms with Gasteiger partial charge in [0.05, 0.1) is 0 Å². The zero-order valence-corrected chi connectivity index (χ0v) is 27.8. The molecule has 2 aliphatic rings. The number of carbonyl (C=O) groups excluding carboxylic acids is 2. The molecule has 2 saturated heterocycles. The van der Waals surface area contributed by atoms with Gasteiger partial charge in [-0.15, -0.1) is 0 Å². The highest BCUT2D eigenvalue weighted by molar-refractivity contribution is 5.76. The molecule has 8 atom stereocenters. The maximum atomic E-state index is 12.7. The SMILES string of the molecule is CCCC1CCCC(N)C(=O)OC(C)C1c1cccc(-c2cccc(CC3CCCC(N)C(=O)OC(C)C3c3ccccc3)c2)c1. The van der Waals surface area contributed by atoms with Crippen molar-refractivity contribution in [2.24, 2.45) is 23.3 Å². The summed E-state index contributed by atoms with van der Waals surface area (Å²) in [5, 5.41) is 0. The van der Waals surface area contributed by atoms with E-state index in [2.05, 4.69) is 79.7 Å². The van der Waals surface area contributed by atoms with Crippen LogP contribution in [0, 0.1) is 11.8 Å². The Morgan fingerprint density at radius 1 is 0.652 bits per heavy atom. The molecule has 46 heavy (non-hydrogen) atoms. The number of hydrogen-bond donors (Lipinski definition) is 2. The standard InChI is InChI=1S/C40H52N2O4/c1-4-12-29-16-10-21-35(41)39(43)45-26(2)37(29)34-19-9-18-32(25-34)31-17-8-13-28(23-31)24-33-20-11-22-36(42)40(44)46-27(3)38(33)30-14-6-5-7-15-30/h5-9,13-15,17-19,23,25-27,29,33,35-38H,4,10-12,16,20-22,24,41-42H2,1-3H3. The fourth-order valence-electron chi connectivity index (χ4n) is 8.04. The smallest absolute Gasteiger partial charge is 0.323 e. The highest BCUT2D eigenvalue weighted by Crippen LogP contribution is 2.40. The van der Waals surface area contributed by atoms with Crippen molar-refractivity contribution in [2.75, 3.05) is 0 Å². The molecule has 8 unspecified atom stereocenters. The van der Waals surface area contributed by atoms with Gasteiger partial charge in [0.15, 0.2) is 0 Å². The number of cyclic esters (lactones) is 2. The Hall–Kier alpha value is -3.48. The van der Waals surface area contributed by atoms with E-state index in [1.807, 2.05) is 19.9 Å². The molecule has 4 N–H and O–H groups in total. The van der Waals surface area contributed by atoms with Gasteiger partial charge in [-0.25, -0.2) is 0 Å². The Balaban J connectivity index is 1.44. The zero-order chi connectivity index (χ0) is 32.6. The molecular formula is C40H52N2O4.